The molecule has 0 unspecified atom stereocenters. The molecule has 0 bridgehead atoms. The summed E-state index contributed by atoms with van der Waals surface area (Å²) in [5.74, 6) is -1.44. The van der Waals surface area contributed by atoms with Gasteiger partial charge < -0.3 is 19.3 Å². The van der Waals surface area contributed by atoms with Crippen LogP contribution in [-0.2, 0) is 6.54 Å². The second kappa shape index (κ2) is 7.02. The molecule has 138 valence electrons. The molecule has 1 aromatic heterocycles. The Kier molecular flexibility index (Phi) is 4.41. The SMILES string of the molecule is O=C(NCc1noc(-c2c(F)cccc2F)n1)c1cccc2c1OCCO2. The third-order valence-corrected chi connectivity index (χ3v) is 3.86. The number of carbonyl (C=O) groups excluding carboxylic acids is 1. The number of ether oxygens (including phenoxy) is 2. The van der Waals surface area contributed by atoms with Crippen molar-refractivity contribution in [1.82, 2.24) is 15.5 Å². The standard InChI is InChI=1S/C18H13F2N3O4/c19-11-4-2-5-12(20)15(11)18-22-14(23-27-18)9-21-17(24)10-3-1-6-13-16(10)26-8-7-25-13/h1-6H,7-9H2,(H,21,24). The molecular formula is C18H13F2N3O4. The summed E-state index contributed by atoms with van der Waals surface area (Å²) < 4.78 is 43.4. The predicted octanol–water partition coefficient (Wildman–Crippen LogP) is 2.72. The maximum absolute atomic E-state index is 13.8. The van der Waals surface area contributed by atoms with Gasteiger partial charge in [0.2, 0.25) is 0 Å². The second-order valence-electron chi connectivity index (χ2n) is 5.62. The summed E-state index contributed by atoms with van der Waals surface area (Å²) in [7, 11) is 0. The Morgan fingerprint density at radius 1 is 1.07 bits per heavy atom. The lowest BCUT2D eigenvalue weighted by molar-refractivity contribution is 0.0938. The molecule has 1 amide bonds. The molecule has 0 atom stereocenters. The van der Waals surface area contributed by atoms with E-state index in [4.69, 9.17) is 14.0 Å². The lowest BCUT2D eigenvalue weighted by Gasteiger charge is -2.20. The molecule has 2 aromatic carbocycles. The fourth-order valence-corrected chi connectivity index (χ4v) is 2.64. The molecule has 0 saturated heterocycles. The minimum absolute atomic E-state index is 0.0722. The van der Waals surface area contributed by atoms with E-state index in [-0.39, 0.29) is 18.3 Å². The number of hydrogen-bond donors (Lipinski definition) is 1. The maximum atomic E-state index is 13.8. The largest absolute Gasteiger partial charge is 0.486 e. The highest BCUT2D eigenvalue weighted by Crippen LogP contribution is 2.33. The maximum Gasteiger partial charge on any atom is 0.263 e. The van der Waals surface area contributed by atoms with E-state index in [1.54, 1.807) is 18.2 Å². The number of hydrogen-bond acceptors (Lipinski definition) is 6. The van der Waals surface area contributed by atoms with Crippen molar-refractivity contribution >= 4 is 5.91 Å². The molecule has 3 aromatic rings. The minimum atomic E-state index is -0.817. The molecule has 27 heavy (non-hydrogen) atoms. The molecule has 0 aliphatic carbocycles. The number of aromatic nitrogens is 2. The van der Waals surface area contributed by atoms with E-state index in [1.165, 1.54) is 6.07 Å². The number of nitrogens with zero attached hydrogens (tertiary/aromatic N) is 2. The summed E-state index contributed by atoms with van der Waals surface area (Å²) >= 11 is 0. The van der Waals surface area contributed by atoms with Crippen molar-refractivity contribution in [3.8, 4) is 23.0 Å². The molecule has 9 heteroatoms. The van der Waals surface area contributed by atoms with Gasteiger partial charge >= 0.3 is 0 Å². The van der Waals surface area contributed by atoms with Crippen LogP contribution in [0, 0.1) is 11.6 Å². The van der Waals surface area contributed by atoms with Gasteiger partial charge in [0.1, 0.15) is 30.4 Å². The Morgan fingerprint density at radius 3 is 2.63 bits per heavy atom. The van der Waals surface area contributed by atoms with E-state index in [0.29, 0.717) is 30.3 Å². The second-order valence-corrected chi connectivity index (χ2v) is 5.62. The van der Waals surface area contributed by atoms with Crippen LogP contribution in [0.2, 0.25) is 0 Å². The third kappa shape index (κ3) is 3.31. The number of para-hydroxylation sites is 1. The Labute approximate surface area is 151 Å². The van der Waals surface area contributed by atoms with Gasteiger partial charge in [-0.1, -0.05) is 17.3 Å². The number of nitrogens with one attached hydrogen (secondary N) is 1. The van der Waals surface area contributed by atoms with Gasteiger partial charge in [-0.05, 0) is 24.3 Å². The van der Waals surface area contributed by atoms with E-state index in [2.05, 4.69) is 15.5 Å². The van der Waals surface area contributed by atoms with Gasteiger partial charge in [-0.2, -0.15) is 4.98 Å². The highest BCUT2D eigenvalue weighted by atomic mass is 19.1. The summed E-state index contributed by atoms with van der Waals surface area (Å²) in [5, 5.41) is 6.25. The van der Waals surface area contributed by atoms with Gasteiger partial charge in [0.05, 0.1) is 12.1 Å². The van der Waals surface area contributed by atoms with Crippen molar-refractivity contribution in [2.75, 3.05) is 13.2 Å². The highest BCUT2D eigenvalue weighted by molar-refractivity contribution is 5.97. The Bertz CT molecular complexity index is 986. The Hall–Kier alpha value is -3.49. The van der Waals surface area contributed by atoms with E-state index in [9.17, 15) is 13.6 Å². The number of amides is 1. The zero-order valence-electron chi connectivity index (χ0n) is 13.9. The van der Waals surface area contributed by atoms with Crippen LogP contribution in [0.15, 0.2) is 40.9 Å². The molecule has 4 rings (SSSR count). The van der Waals surface area contributed by atoms with Gasteiger partial charge in [-0.25, -0.2) is 8.78 Å². The summed E-state index contributed by atoms with van der Waals surface area (Å²) in [6.07, 6.45) is 0. The van der Waals surface area contributed by atoms with Crippen molar-refractivity contribution in [1.29, 1.82) is 0 Å². The van der Waals surface area contributed by atoms with Gasteiger partial charge in [-0.3, -0.25) is 4.79 Å². The number of rotatable bonds is 4. The zero-order chi connectivity index (χ0) is 18.8. The molecule has 0 fully saturated rings. The smallest absolute Gasteiger partial charge is 0.263 e. The van der Waals surface area contributed by atoms with Crippen LogP contribution in [0.4, 0.5) is 8.78 Å². The first-order chi connectivity index (χ1) is 13.1. The van der Waals surface area contributed by atoms with Crippen molar-refractivity contribution < 1.29 is 27.6 Å². The molecule has 0 spiro atoms. The normalized spacial score (nSPS) is 12.7. The first-order valence-electron chi connectivity index (χ1n) is 8.07. The van der Waals surface area contributed by atoms with Crippen LogP contribution in [0.1, 0.15) is 16.2 Å². The van der Waals surface area contributed by atoms with Crippen LogP contribution in [0.25, 0.3) is 11.5 Å². The lowest BCUT2D eigenvalue weighted by atomic mass is 10.1. The quantitative estimate of drug-likeness (QED) is 0.757. The monoisotopic (exact) mass is 373 g/mol. The number of carbonyl (C=O) groups is 1. The summed E-state index contributed by atoms with van der Waals surface area (Å²) in [6.45, 7) is 0.666. The van der Waals surface area contributed by atoms with Gasteiger partial charge in [0, 0.05) is 0 Å². The van der Waals surface area contributed by atoms with Crippen LogP contribution in [0.3, 0.4) is 0 Å². The highest BCUT2D eigenvalue weighted by Gasteiger charge is 2.21. The summed E-state index contributed by atoms with van der Waals surface area (Å²) in [5.41, 5.74) is -0.110. The fraction of sp³-hybridized carbons (Fsp3) is 0.167. The van der Waals surface area contributed by atoms with Gasteiger partial charge in [-0.15, -0.1) is 0 Å². The molecule has 1 aliphatic rings. The lowest BCUT2D eigenvalue weighted by Crippen LogP contribution is -2.25. The van der Waals surface area contributed by atoms with Crippen LogP contribution >= 0.6 is 0 Å². The predicted molar refractivity (Wildman–Crippen MR) is 88.3 cm³/mol. The van der Waals surface area contributed by atoms with Gasteiger partial charge in [0.25, 0.3) is 11.8 Å². The molecule has 1 N–H and O–H groups in total. The topological polar surface area (TPSA) is 86.5 Å². The van der Waals surface area contributed by atoms with Crippen molar-refractivity contribution in [3.05, 3.63) is 59.4 Å². The molecule has 1 aliphatic heterocycles. The average molecular weight is 373 g/mol. The first kappa shape index (κ1) is 17.0. The van der Waals surface area contributed by atoms with Crippen LogP contribution in [0.5, 0.6) is 11.5 Å². The molecule has 0 radical (unpaired) electrons. The van der Waals surface area contributed by atoms with E-state index in [1.807, 2.05) is 0 Å². The minimum Gasteiger partial charge on any atom is -0.486 e. The average Bonchev–Trinajstić information content (AvgIpc) is 3.14. The van der Waals surface area contributed by atoms with Crippen molar-refractivity contribution in [3.63, 3.8) is 0 Å². The summed E-state index contributed by atoms with van der Waals surface area (Å²) in [6, 6.07) is 8.39. The first-order valence-corrected chi connectivity index (χ1v) is 8.07. The van der Waals surface area contributed by atoms with Gasteiger partial charge in [0.15, 0.2) is 17.3 Å². The Balaban J connectivity index is 1.49. The van der Waals surface area contributed by atoms with Crippen molar-refractivity contribution in [2.45, 2.75) is 6.54 Å². The molecular weight excluding hydrogens is 360 g/mol. The Morgan fingerprint density at radius 2 is 1.81 bits per heavy atom. The number of benzene rings is 2. The summed E-state index contributed by atoms with van der Waals surface area (Å²) in [4.78, 5) is 16.3. The molecule has 7 nitrogen and oxygen atoms in total. The molecule has 0 saturated carbocycles. The third-order valence-electron chi connectivity index (χ3n) is 3.86. The number of fused-ring (bicyclic) bond motifs is 1. The molecule has 2 heterocycles. The zero-order valence-corrected chi connectivity index (χ0v) is 13.9. The van der Waals surface area contributed by atoms with Crippen LogP contribution < -0.4 is 14.8 Å². The van der Waals surface area contributed by atoms with Crippen molar-refractivity contribution in [2.24, 2.45) is 0 Å². The fourth-order valence-electron chi connectivity index (χ4n) is 2.64. The number of halogens is 2. The van der Waals surface area contributed by atoms with E-state index >= 15 is 0 Å². The van der Waals surface area contributed by atoms with Crippen LogP contribution in [-0.4, -0.2) is 29.3 Å². The van der Waals surface area contributed by atoms with E-state index in [0.717, 1.165) is 12.1 Å². The van der Waals surface area contributed by atoms with E-state index < -0.39 is 23.1 Å².